The molecule has 0 aromatic heterocycles. The lowest BCUT2D eigenvalue weighted by Gasteiger charge is -2.19. The SMILES string of the molecule is CNC[C@@H]1CN(c2ccc3c(c2)NC(=O)CS3)C(=O)O1. The molecule has 2 N–H and O–H groups in total. The average Bonchev–Trinajstić information content (AvgIpc) is 2.79. The molecule has 3 rings (SSSR count). The van der Waals surface area contributed by atoms with Crippen LogP contribution in [0.15, 0.2) is 23.1 Å². The molecule has 1 aromatic carbocycles. The van der Waals surface area contributed by atoms with Gasteiger partial charge in [-0.25, -0.2) is 4.79 Å². The highest BCUT2D eigenvalue weighted by atomic mass is 32.2. The summed E-state index contributed by atoms with van der Waals surface area (Å²) >= 11 is 1.50. The summed E-state index contributed by atoms with van der Waals surface area (Å²) < 4.78 is 5.27. The van der Waals surface area contributed by atoms with Gasteiger partial charge in [0.15, 0.2) is 0 Å². The second kappa shape index (κ2) is 5.34. The van der Waals surface area contributed by atoms with Crippen molar-refractivity contribution < 1.29 is 14.3 Å². The van der Waals surface area contributed by atoms with Crippen molar-refractivity contribution in [3.05, 3.63) is 18.2 Å². The quantitative estimate of drug-likeness (QED) is 0.878. The molecule has 6 nitrogen and oxygen atoms in total. The fourth-order valence-electron chi connectivity index (χ4n) is 2.31. The average molecular weight is 293 g/mol. The van der Waals surface area contributed by atoms with Gasteiger partial charge in [0.25, 0.3) is 0 Å². The number of carbonyl (C=O) groups excluding carboxylic acids is 2. The van der Waals surface area contributed by atoms with E-state index in [-0.39, 0.29) is 18.1 Å². The van der Waals surface area contributed by atoms with Gasteiger partial charge < -0.3 is 15.4 Å². The van der Waals surface area contributed by atoms with Crippen molar-refractivity contribution >= 4 is 35.1 Å². The van der Waals surface area contributed by atoms with Gasteiger partial charge >= 0.3 is 6.09 Å². The van der Waals surface area contributed by atoms with E-state index in [1.54, 1.807) is 4.90 Å². The van der Waals surface area contributed by atoms with E-state index in [0.29, 0.717) is 18.8 Å². The molecule has 7 heteroatoms. The number of nitrogens with zero attached hydrogens (tertiary/aromatic N) is 1. The van der Waals surface area contributed by atoms with Crippen LogP contribution in [-0.2, 0) is 9.53 Å². The van der Waals surface area contributed by atoms with Crippen molar-refractivity contribution in [3.63, 3.8) is 0 Å². The summed E-state index contributed by atoms with van der Waals surface area (Å²) in [5.41, 5.74) is 1.50. The number of thioether (sulfide) groups is 1. The Hall–Kier alpha value is -1.73. The first-order chi connectivity index (χ1) is 9.67. The number of hydrogen-bond donors (Lipinski definition) is 2. The minimum absolute atomic E-state index is 0.0169. The van der Waals surface area contributed by atoms with Gasteiger partial charge in [0, 0.05) is 17.1 Å². The van der Waals surface area contributed by atoms with Crippen molar-refractivity contribution in [2.45, 2.75) is 11.0 Å². The van der Waals surface area contributed by atoms with Gasteiger partial charge in [0.2, 0.25) is 5.91 Å². The molecule has 1 saturated heterocycles. The predicted octanol–water partition coefficient (Wildman–Crippen LogP) is 1.28. The van der Waals surface area contributed by atoms with E-state index in [1.165, 1.54) is 11.8 Å². The van der Waals surface area contributed by atoms with Gasteiger partial charge in [-0.05, 0) is 25.2 Å². The molecule has 2 aliphatic rings. The Kier molecular flexibility index (Phi) is 3.54. The third-order valence-corrected chi connectivity index (χ3v) is 4.29. The maximum atomic E-state index is 11.9. The fourth-order valence-corrected chi connectivity index (χ4v) is 3.09. The first-order valence-corrected chi connectivity index (χ1v) is 7.35. The van der Waals surface area contributed by atoms with Gasteiger partial charge in [-0.1, -0.05) is 0 Å². The fraction of sp³-hybridized carbons (Fsp3) is 0.385. The molecule has 0 aliphatic carbocycles. The molecule has 1 fully saturated rings. The Morgan fingerprint density at radius 2 is 2.35 bits per heavy atom. The molecular formula is C13H15N3O3S. The number of hydrogen-bond acceptors (Lipinski definition) is 5. The third-order valence-electron chi connectivity index (χ3n) is 3.21. The number of fused-ring (bicyclic) bond motifs is 1. The number of amides is 2. The van der Waals surface area contributed by atoms with Gasteiger partial charge in [-0.2, -0.15) is 0 Å². The highest BCUT2D eigenvalue weighted by Gasteiger charge is 2.32. The van der Waals surface area contributed by atoms with Crippen molar-refractivity contribution in [1.29, 1.82) is 0 Å². The lowest BCUT2D eigenvalue weighted by Crippen LogP contribution is -2.29. The van der Waals surface area contributed by atoms with E-state index < -0.39 is 0 Å². The number of likely N-dealkylation sites (N-methyl/N-ethyl adjacent to an activating group) is 1. The summed E-state index contributed by atoms with van der Waals surface area (Å²) in [6.45, 7) is 1.14. The van der Waals surface area contributed by atoms with Crippen molar-refractivity contribution in [2.75, 3.05) is 36.1 Å². The standard InChI is InChI=1S/C13H15N3O3S/c1-14-5-9-6-16(13(18)19-9)8-2-3-11-10(4-8)15-12(17)7-20-11/h2-4,9,14H,5-7H2,1H3,(H,15,17)/t9-/m1/s1. The number of nitrogens with one attached hydrogen (secondary N) is 2. The normalized spacial score (nSPS) is 21.4. The molecule has 2 amide bonds. The number of rotatable bonds is 3. The molecule has 0 saturated carbocycles. The Balaban J connectivity index is 1.82. The van der Waals surface area contributed by atoms with Crippen LogP contribution in [0.3, 0.4) is 0 Å². The summed E-state index contributed by atoms with van der Waals surface area (Å²) in [6, 6.07) is 5.63. The number of anilines is 2. The van der Waals surface area contributed by atoms with E-state index in [9.17, 15) is 9.59 Å². The molecule has 20 heavy (non-hydrogen) atoms. The number of ether oxygens (including phenoxy) is 1. The largest absolute Gasteiger partial charge is 0.443 e. The zero-order chi connectivity index (χ0) is 14.1. The van der Waals surface area contributed by atoms with E-state index in [2.05, 4.69) is 10.6 Å². The molecule has 2 aliphatic heterocycles. The first-order valence-electron chi connectivity index (χ1n) is 6.37. The van der Waals surface area contributed by atoms with Crippen LogP contribution < -0.4 is 15.5 Å². The van der Waals surface area contributed by atoms with E-state index in [1.807, 2.05) is 25.2 Å². The Morgan fingerprint density at radius 1 is 1.50 bits per heavy atom. The van der Waals surface area contributed by atoms with Crippen LogP contribution in [0, 0.1) is 0 Å². The molecule has 0 unspecified atom stereocenters. The van der Waals surface area contributed by atoms with Crippen LogP contribution in [0.25, 0.3) is 0 Å². The molecule has 1 aromatic rings. The highest BCUT2D eigenvalue weighted by molar-refractivity contribution is 8.00. The predicted molar refractivity (Wildman–Crippen MR) is 77.3 cm³/mol. The summed E-state index contributed by atoms with van der Waals surface area (Å²) in [5.74, 6) is 0.416. The Morgan fingerprint density at radius 3 is 3.15 bits per heavy atom. The highest BCUT2D eigenvalue weighted by Crippen LogP contribution is 2.35. The monoisotopic (exact) mass is 293 g/mol. The number of cyclic esters (lactones) is 1. The summed E-state index contributed by atoms with van der Waals surface area (Å²) in [5, 5.41) is 5.82. The Bertz CT molecular complexity index is 564. The van der Waals surface area contributed by atoms with Crippen LogP contribution in [-0.4, -0.2) is 44.0 Å². The second-order valence-corrected chi connectivity index (χ2v) is 5.71. The van der Waals surface area contributed by atoms with E-state index >= 15 is 0 Å². The van der Waals surface area contributed by atoms with Crippen molar-refractivity contribution in [1.82, 2.24) is 5.32 Å². The zero-order valence-electron chi connectivity index (χ0n) is 11.0. The minimum Gasteiger partial charge on any atom is -0.443 e. The van der Waals surface area contributed by atoms with E-state index in [4.69, 9.17) is 4.74 Å². The molecule has 2 heterocycles. The smallest absolute Gasteiger partial charge is 0.414 e. The number of benzene rings is 1. The first kappa shape index (κ1) is 13.3. The minimum atomic E-state index is -0.347. The lowest BCUT2D eigenvalue weighted by atomic mass is 10.2. The molecule has 1 atom stereocenters. The topological polar surface area (TPSA) is 70.7 Å². The van der Waals surface area contributed by atoms with Crippen LogP contribution >= 0.6 is 11.8 Å². The number of carbonyl (C=O) groups is 2. The summed E-state index contributed by atoms with van der Waals surface area (Å²) in [7, 11) is 1.82. The van der Waals surface area contributed by atoms with Crippen LogP contribution in [0.1, 0.15) is 0 Å². The summed E-state index contributed by atoms with van der Waals surface area (Å²) in [4.78, 5) is 25.9. The second-order valence-electron chi connectivity index (χ2n) is 4.69. The maximum absolute atomic E-state index is 11.9. The van der Waals surface area contributed by atoms with Crippen molar-refractivity contribution in [3.8, 4) is 0 Å². The van der Waals surface area contributed by atoms with Crippen LogP contribution in [0.5, 0.6) is 0 Å². The Labute approximate surface area is 120 Å². The third kappa shape index (κ3) is 2.46. The van der Waals surface area contributed by atoms with Crippen molar-refractivity contribution in [2.24, 2.45) is 0 Å². The molecule has 0 spiro atoms. The summed E-state index contributed by atoms with van der Waals surface area (Å²) in [6.07, 6.45) is -0.493. The van der Waals surface area contributed by atoms with Gasteiger partial charge in [0.1, 0.15) is 6.10 Å². The molecule has 0 radical (unpaired) electrons. The molecular weight excluding hydrogens is 278 g/mol. The van der Waals surface area contributed by atoms with Gasteiger partial charge in [0.05, 0.1) is 18.0 Å². The molecule has 106 valence electrons. The van der Waals surface area contributed by atoms with Gasteiger partial charge in [-0.3, -0.25) is 9.69 Å². The zero-order valence-corrected chi connectivity index (χ0v) is 11.8. The van der Waals surface area contributed by atoms with Gasteiger partial charge in [-0.15, -0.1) is 11.8 Å². The molecule has 0 bridgehead atoms. The maximum Gasteiger partial charge on any atom is 0.414 e. The van der Waals surface area contributed by atoms with E-state index in [0.717, 1.165) is 16.3 Å². The van der Waals surface area contributed by atoms with Crippen LogP contribution in [0.4, 0.5) is 16.2 Å². The lowest BCUT2D eigenvalue weighted by molar-refractivity contribution is -0.113. The van der Waals surface area contributed by atoms with Crippen LogP contribution in [0.2, 0.25) is 0 Å².